The summed E-state index contributed by atoms with van der Waals surface area (Å²) >= 11 is 0. The van der Waals surface area contributed by atoms with E-state index in [2.05, 4.69) is 22.6 Å². The first-order chi connectivity index (χ1) is 14.0. The van der Waals surface area contributed by atoms with Gasteiger partial charge in [-0.1, -0.05) is 6.07 Å². The molecule has 1 fully saturated rings. The van der Waals surface area contributed by atoms with Crippen LogP contribution < -0.4 is 15.5 Å². The Bertz CT molecular complexity index is 908. The van der Waals surface area contributed by atoms with Gasteiger partial charge in [-0.15, -0.1) is 0 Å². The number of hydrogen-bond donors (Lipinski definition) is 2. The number of halogens is 1. The second-order valence-corrected chi connectivity index (χ2v) is 7.69. The molecule has 0 unspecified atom stereocenters. The first-order valence-electron chi connectivity index (χ1n) is 9.96. The van der Waals surface area contributed by atoms with Crippen molar-refractivity contribution >= 4 is 23.3 Å². The lowest BCUT2D eigenvalue weighted by molar-refractivity contribution is 0.0916. The summed E-state index contributed by atoms with van der Waals surface area (Å²) in [5, 5.41) is 5.94. The Morgan fingerprint density at radius 1 is 1.03 bits per heavy atom. The molecule has 29 heavy (non-hydrogen) atoms. The number of nitrogens with zero attached hydrogens (tertiary/aromatic N) is 2. The predicted molar refractivity (Wildman–Crippen MR) is 111 cm³/mol. The molecule has 0 atom stereocenters. The van der Waals surface area contributed by atoms with Crippen molar-refractivity contribution in [2.75, 3.05) is 36.9 Å². The average Bonchev–Trinajstić information content (AvgIpc) is 3.16. The number of likely N-dealkylation sites (tertiary alicyclic amines) is 1. The SMILES string of the molecule is CN1CCC(NC(=O)c2cccc3c2CCN3C(=O)Nc2ccc(F)cc2)CC1. The molecule has 1 saturated heterocycles. The Morgan fingerprint density at radius 3 is 2.48 bits per heavy atom. The van der Waals surface area contributed by atoms with Gasteiger partial charge in [0.25, 0.3) is 5.91 Å². The third kappa shape index (κ3) is 4.24. The van der Waals surface area contributed by atoms with Gasteiger partial charge in [-0.05, 0) is 81.4 Å². The van der Waals surface area contributed by atoms with Crippen molar-refractivity contribution in [3.05, 3.63) is 59.4 Å². The number of hydrogen-bond acceptors (Lipinski definition) is 3. The smallest absolute Gasteiger partial charge is 0.326 e. The number of fused-ring (bicyclic) bond motifs is 1. The van der Waals surface area contributed by atoms with Crippen LogP contribution >= 0.6 is 0 Å². The van der Waals surface area contributed by atoms with Crippen LogP contribution in [0.25, 0.3) is 0 Å². The van der Waals surface area contributed by atoms with E-state index in [-0.39, 0.29) is 23.8 Å². The number of anilines is 2. The molecule has 6 nitrogen and oxygen atoms in total. The number of urea groups is 1. The summed E-state index contributed by atoms with van der Waals surface area (Å²) in [6, 6.07) is 11.1. The van der Waals surface area contributed by atoms with Crippen LogP contribution in [0.3, 0.4) is 0 Å². The van der Waals surface area contributed by atoms with Crippen molar-refractivity contribution < 1.29 is 14.0 Å². The van der Waals surface area contributed by atoms with Crippen LogP contribution in [0.1, 0.15) is 28.8 Å². The third-order valence-electron chi connectivity index (χ3n) is 5.67. The van der Waals surface area contributed by atoms with Gasteiger partial charge in [-0.25, -0.2) is 9.18 Å². The number of rotatable bonds is 3. The zero-order valence-electron chi connectivity index (χ0n) is 16.5. The number of amides is 3. The summed E-state index contributed by atoms with van der Waals surface area (Å²) in [6.45, 7) is 2.46. The number of benzene rings is 2. The largest absolute Gasteiger partial charge is 0.349 e. The Labute approximate surface area is 169 Å². The van der Waals surface area contributed by atoms with E-state index in [1.807, 2.05) is 18.2 Å². The fourth-order valence-electron chi connectivity index (χ4n) is 4.00. The summed E-state index contributed by atoms with van der Waals surface area (Å²) in [6.07, 6.45) is 2.52. The third-order valence-corrected chi connectivity index (χ3v) is 5.67. The van der Waals surface area contributed by atoms with Crippen molar-refractivity contribution in [2.45, 2.75) is 25.3 Å². The van der Waals surface area contributed by atoms with E-state index in [0.29, 0.717) is 24.2 Å². The lowest BCUT2D eigenvalue weighted by Crippen LogP contribution is -2.43. The van der Waals surface area contributed by atoms with E-state index >= 15 is 0 Å². The minimum absolute atomic E-state index is 0.0720. The summed E-state index contributed by atoms with van der Waals surface area (Å²) in [5.41, 5.74) is 2.81. The predicted octanol–water partition coefficient (Wildman–Crippen LogP) is 3.24. The maximum absolute atomic E-state index is 13.1. The highest BCUT2D eigenvalue weighted by atomic mass is 19.1. The number of carbonyl (C=O) groups excluding carboxylic acids is 2. The lowest BCUT2D eigenvalue weighted by Gasteiger charge is -2.29. The molecule has 2 aromatic rings. The van der Waals surface area contributed by atoms with Gasteiger partial charge < -0.3 is 15.5 Å². The minimum Gasteiger partial charge on any atom is -0.349 e. The van der Waals surface area contributed by atoms with E-state index in [0.717, 1.165) is 37.2 Å². The van der Waals surface area contributed by atoms with Crippen LogP contribution in [0, 0.1) is 5.82 Å². The van der Waals surface area contributed by atoms with Gasteiger partial charge in [-0.2, -0.15) is 0 Å². The summed E-state index contributed by atoms with van der Waals surface area (Å²) < 4.78 is 13.1. The second kappa shape index (κ2) is 8.21. The van der Waals surface area contributed by atoms with E-state index in [4.69, 9.17) is 0 Å². The van der Waals surface area contributed by atoms with Crippen LogP contribution in [-0.4, -0.2) is 49.6 Å². The fraction of sp³-hybridized carbons (Fsp3) is 0.364. The van der Waals surface area contributed by atoms with Gasteiger partial charge in [0.2, 0.25) is 0 Å². The number of carbonyl (C=O) groups is 2. The summed E-state index contributed by atoms with van der Waals surface area (Å²) in [7, 11) is 2.09. The van der Waals surface area contributed by atoms with Gasteiger partial charge >= 0.3 is 6.03 Å². The Balaban J connectivity index is 1.47. The van der Waals surface area contributed by atoms with Gasteiger partial charge in [0.05, 0.1) is 0 Å². The molecule has 2 aromatic carbocycles. The van der Waals surface area contributed by atoms with Crippen molar-refractivity contribution in [3.8, 4) is 0 Å². The highest BCUT2D eigenvalue weighted by molar-refractivity contribution is 6.05. The first kappa shape index (κ1) is 19.4. The second-order valence-electron chi connectivity index (χ2n) is 7.69. The quantitative estimate of drug-likeness (QED) is 0.837. The number of nitrogens with one attached hydrogen (secondary N) is 2. The highest BCUT2D eigenvalue weighted by Crippen LogP contribution is 2.31. The first-order valence-corrected chi connectivity index (χ1v) is 9.96. The molecule has 152 valence electrons. The molecule has 2 aliphatic heterocycles. The molecule has 0 aromatic heterocycles. The van der Waals surface area contributed by atoms with E-state index in [1.54, 1.807) is 4.90 Å². The molecular formula is C22H25FN4O2. The van der Waals surface area contributed by atoms with Crippen LogP contribution in [0.4, 0.5) is 20.6 Å². The molecule has 2 aliphatic rings. The van der Waals surface area contributed by atoms with E-state index in [1.165, 1.54) is 24.3 Å². The topological polar surface area (TPSA) is 64.7 Å². The Morgan fingerprint density at radius 2 is 1.76 bits per heavy atom. The standard InChI is InChI=1S/C22H25FN4O2/c1-26-12-9-17(10-13-26)24-21(28)19-3-2-4-20-18(19)11-14-27(20)22(29)25-16-7-5-15(23)6-8-16/h2-8,17H,9-14H2,1H3,(H,24,28)(H,25,29). The molecular weight excluding hydrogens is 371 g/mol. The van der Waals surface area contributed by atoms with Crippen molar-refractivity contribution in [1.82, 2.24) is 10.2 Å². The zero-order valence-corrected chi connectivity index (χ0v) is 16.5. The van der Waals surface area contributed by atoms with Crippen molar-refractivity contribution in [1.29, 1.82) is 0 Å². The molecule has 4 rings (SSSR count). The zero-order chi connectivity index (χ0) is 20.4. The van der Waals surface area contributed by atoms with Crippen molar-refractivity contribution in [3.63, 3.8) is 0 Å². The maximum atomic E-state index is 13.1. The molecule has 7 heteroatoms. The van der Waals surface area contributed by atoms with Crippen LogP contribution in [0.2, 0.25) is 0 Å². The van der Waals surface area contributed by atoms with Gasteiger partial charge in [0, 0.05) is 29.5 Å². The highest BCUT2D eigenvalue weighted by Gasteiger charge is 2.29. The summed E-state index contributed by atoms with van der Waals surface area (Å²) in [5.74, 6) is -0.424. The molecule has 0 bridgehead atoms. The summed E-state index contributed by atoms with van der Waals surface area (Å²) in [4.78, 5) is 29.5. The monoisotopic (exact) mass is 396 g/mol. The molecule has 2 heterocycles. The van der Waals surface area contributed by atoms with Gasteiger partial charge in [0.15, 0.2) is 0 Å². The molecule has 2 N–H and O–H groups in total. The van der Waals surface area contributed by atoms with Crippen LogP contribution in [0.15, 0.2) is 42.5 Å². The lowest BCUT2D eigenvalue weighted by atomic mass is 10.0. The van der Waals surface area contributed by atoms with E-state index < -0.39 is 0 Å². The van der Waals surface area contributed by atoms with Gasteiger partial charge in [-0.3, -0.25) is 9.69 Å². The molecule has 0 spiro atoms. The Kier molecular flexibility index (Phi) is 5.49. The molecule has 0 saturated carbocycles. The molecule has 3 amide bonds. The van der Waals surface area contributed by atoms with Crippen molar-refractivity contribution in [2.24, 2.45) is 0 Å². The normalized spacial score (nSPS) is 17.1. The van der Waals surface area contributed by atoms with E-state index in [9.17, 15) is 14.0 Å². The Hall–Kier alpha value is -2.93. The fourth-order valence-corrected chi connectivity index (χ4v) is 4.00. The van der Waals surface area contributed by atoms with Crippen LogP contribution in [-0.2, 0) is 6.42 Å². The van der Waals surface area contributed by atoms with Crippen LogP contribution in [0.5, 0.6) is 0 Å². The molecule has 0 radical (unpaired) electrons. The molecule has 0 aliphatic carbocycles. The van der Waals surface area contributed by atoms with Gasteiger partial charge in [0.1, 0.15) is 5.82 Å². The maximum Gasteiger partial charge on any atom is 0.326 e. The minimum atomic E-state index is -0.352. The number of piperidine rings is 1. The average molecular weight is 396 g/mol.